The first kappa shape index (κ1) is 20.8. The van der Waals surface area contributed by atoms with Gasteiger partial charge in [0.1, 0.15) is 11.5 Å². The summed E-state index contributed by atoms with van der Waals surface area (Å²) in [5, 5.41) is 16.2. The first-order chi connectivity index (χ1) is 15.6. The van der Waals surface area contributed by atoms with Gasteiger partial charge in [0.25, 0.3) is 0 Å². The lowest BCUT2D eigenvalue weighted by Gasteiger charge is -2.10. The molecule has 4 aromatic carbocycles. The Bertz CT molecular complexity index is 1310. The van der Waals surface area contributed by atoms with Crippen molar-refractivity contribution >= 4 is 33.7 Å². The molecule has 32 heavy (non-hydrogen) atoms. The van der Waals surface area contributed by atoms with E-state index in [4.69, 9.17) is 4.74 Å². The quantitative estimate of drug-likeness (QED) is 0.187. The number of carbonyl (C=O) groups is 2. The van der Waals surface area contributed by atoms with E-state index in [9.17, 15) is 14.7 Å². The lowest BCUT2D eigenvalue weighted by Crippen LogP contribution is -2.26. The van der Waals surface area contributed by atoms with Gasteiger partial charge in [-0.3, -0.25) is 15.0 Å². The zero-order valence-corrected chi connectivity index (χ0v) is 17.3. The Labute approximate surface area is 184 Å². The van der Waals surface area contributed by atoms with E-state index in [1.807, 2.05) is 12.1 Å². The smallest absolute Gasteiger partial charge is 0.220 e. The average molecular weight is 424 g/mol. The van der Waals surface area contributed by atoms with Gasteiger partial charge in [0.15, 0.2) is 5.71 Å². The molecule has 0 fully saturated rings. The molecule has 0 aliphatic rings. The number of fused-ring (bicyclic) bond motifs is 1. The van der Waals surface area contributed by atoms with Crippen LogP contribution < -0.4 is 10.2 Å². The third kappa shape index (κ3) is 4.20. The number of ether oxygens (including phenoxy) is 1. The van der Waals surface area contributed by atoms with Crippen LogP contribution in [0.2, 0.25) is 0 Å². The molecule has 4 rings (SSSR count). The number of nitrogens with zero attached hydrogens (tertiary/aromatic N) is 1. The lowest BCUT2D eigenvalue weighted by molar-refractivity contribution is 0.101. The van der Waals surface area contributed by atoms with E-state index in [0.717, 1.165) is 5.39 Å². The third-order valence-electron chi connectivity index (χ3n) is 5.00. The van der Waals surface area contributed by atoms with E-state index in [-0.39, 0.29) is 17.0 Å². The molecule has 158 valence electrons. The van der Waals surface area contributed by atoms with Gasteiger partial charge < -0.3 is 9.84 Å². The second kappa shape index (κ2) is 9.14. The van der Waals surface area contributed by atoms with Crippen molar-refractivity contribution in [3.63, 3.8) is 0 Å². The van der Waals surface area contributed by atoms with Crippen LogP contribution in [0, 0.1) is 0 Å². The van der Waals surface area contributed by atoms with Gasteiger partial charge >= 0.3 is 0 Å². The van der Waals surface area contributed by atoms with Crippen molar-refractivity contribution < 1.29 is 19.4 Å². The molecule has 0 bridgehead atoms. The first-order valence-electron chi connectivity index (χ1n) is 9.91. The summed E-state index contributed by atoms with van der Waals surface area (Å²) in [7, 11) is 1.56. The number of benzene rings is 4. The number of aromatic hydroxyl groups is 1. The van der Waals surface area contributed by atoms with Crippen LogP contribution in [0.5, 0.6) is 11.5 Å². The maximum absolute atomic E-state index is 13.4. The van der Waals surface area contributed by atoms with E-state index in [1.54, 1.807) is 79.9 Å². The molecule has 6 heteroatoms. The number of ketones is 2. The standard InChI is InChI=1S/C26H20N2O4/c1-32-20-14-12-19(13-15-20)27-28-23(24(29)18-8-3-2-4-9-18)26(31)22-16-11-17-7-5-6-10-21(17)25(22)30/h2-16,27,30H,1H3. The Kier molecular flexibility index (Phi) is 5.94. The summed E-state index contributed by atoms with van der Waals surface area (Å²) < 4.78 is 5.14. The Hall–Kier alpha value is -4.45. The second-order valence-corrected chi connectivity index (χ2v) is 7.01. The molecule has 6 nitrogen and oxygen atoms in total. The van der Waals surface area contributed by atoms with Gasteiger partial charge in [-0.1, -0.05) is 60.7 Å². The Balaban J connectivity index is 1.75. The fourth-order valence-electron chi connectivity index (χ4n) is 3.28. The predicted octanol–water partition coefficient (Wildman–Crippen LogP) is 5.09. The fraction of sp³-hybridized carbons (Fsp3) is 0.0385. The van der Waals surface area contributed by atoms with Crippen molar-refractivity contribution in [3.8, 4) is 11.5 Å². The van der Waals surface area contributed by atoms with Gasteiger partial charge in [0.05, 0.1) is 18.4 Å². The molecular formula is C26H20N2O4. The summed E-state index contributed by atoms with van der Waals surface area (Å²) in [6.07, 6.45) is 0. The topological polar surface area (TPSA) is 88.0 Å². The van der Waals surface area contributed by atoms with Crippen LogP contribution in [0.1, 0.15) is 20.7 Å². The normalized spacial score (nSPS) is 11.2. The number of hydrogen-bond donors (Lipinski definition) is 2. The minimum absolute atomic E-state index is 0.00302. The maximum Gasteiger partial charge on any atom is 0.220 e. The molecule has 0 aliphatic carbocycles. The zero-order chi connectivity index (χ0) is 22.5. The van der Waals surface area contributed by atoms with E-state index in [1.165, 1.54) is 6.07 Å². The van der Waals surface area contributed by atoms with Crippen LogP contribution in [0.3, 0.4) is 0 Å². The lowest BCUT2D eigenvalue weighted by atomic mass is 9.96. The molecule has 0 spiro atoms. The van der Waals surface area contributed by atoms with E-state index in [2.05, 4.69) is 10.5 Å². The van der Waals surface area contributed by atoms with Crippen LogP contribution in [-0.4, -0.2) is 29.5 Å². The van der Waals surface area contributed by atoms with Gasteiger partial charge in [0.2, 0.25) is 11.6 Å². The summed E-state index contributed by atoms with van der Waals surface area (Å²) in [6.45, 7) is 0. The molecule has 2 N–H and O–H groups in total. The number of rotatable bonds is 7. The number of phenols is 1. The summed E-state index contributed by atoms with van der Waals surface area (Å²) in [4.78, 5) is 26.5. The Morgan fingerprint density at radius 1 is 0.812 bits per heavy atom. The highest BCUT2D eigenvalue weighted by molar-refractivity contribution is 6.72. The maximum atomic E-state index is 13.4. The molecular weight excluding hydrogens is 404 g/mol. The molecule has 4 aromatic rings. The van der Waals surface area contributed by atoms with Crippen LogP contribution in [0.4, 0.5) is 5.69 Å². The molecule has 0 unspecified atom stereocenters. The van der Waals surface area contributed by atoms with Crippen molar-refractivity contribution in [3.05, 3.63) is 102 Å². The number of Topliss-reactive ketones (excluding diaryl/α,β-unsaturated/α-hetero) is 2. The molecule has 0 aliphatic heterocycles. The van der Waals surface area contributed by atoms with Crippen molar-refractivity contribution in [1.82, 2.24) is 0 Å². The van der Waals surface area contributed by atoms with Crippen LogP contribution in [0.15, 0.2) is 96.1 Å². The van der Waals surface area contributed by atoms with Gasteiger partial charge in [-0.05, 0) is 35.7 Å². The second-order valence-electron chi connectivity index (χ2n) is 7.01. The summed E-state index contributed by atoms with van der Waals surface area (Å²) in [6, 6.07) is 25.7. The number of anilines is 1. The van der Waals surface area contributed by atoms with Gasteiger partial charge in [-0.2, -0.15) is 5.10 Å². The minimum atomic E-state index is -0.678. The Morgan fingerprint density at radius 3 is 2.22 bits per heavy atom. The van der Waals surface area contributed by atoms with Crippen LogP contribution in [-0.2, 0) is 0 Å². The summed E-state index contributed by atoms with van der Waals surface area (Å²) >= 11 is 0. The van der Waals surface area contributed by atoms with E-state index < -0.39 is 11.6 Å². The summed E-state index contributed by atoms with van der Waals surface area (Å²) in [5.74, 6) is -0.754. The van der Waals surface area contributed by atoms with Crippen molar-refractivity contribution in [1.29, 1.82) is 0 Å². The fourth-order valence-corrected chi connectivity index (χ4v) is 3.28. The first-order valence-corrected chi connectivity index (χ1v) is 9.91. The number of methoxy groups -OCH3 is 1. The zero-order valence-electron chi connectivity index (χ0n) is 17.3. The van der Waals surface area contributed by atoms with Gasteiger partial charge in [-0.25, -0.2) is 0 Å². The Morgan fingerprint density at radius 2 is 1.50 bits per heavy atom. The van der Waals surface area contributed by atoms with E-state index in [0.29, 0.717) is 22.4 Å². The predicted molar refractivity (Wildman–Crippen MR) is 125 cm³/mol. The number of nitrogens with one attached hydrogen (secondary N) is 1. The molecule has 0 radical (unpaired) electrons. The van der Waals surface area contributed by atoms with Crippen molar-refractivity contribution in [2.75, 3.05) is 12.5 Å². The minimum Gasteiger partial charge on any atom is -0.507 e. The SMILES string of the molecule is COc1ccc(NN=C(C(=O)c2ccccc2)C(=O)c2ccc3ccccc3c2O)cc1. The highest BCUT2D eigenvalue weighted by Gasteiger charge is 2.26. The van der Waals surface area contributed by atoms with Gasteiger partial charge in [-0.15, -0.1) is 0 Å². The number of hydrazone groups is 1. The van der Waals surface area contributed by atoms with Crippen LogP contribution in [0.25, 0.3) is 10.8 Å². The van der Waals surface area contributed by atoms with Crippen molar-refractivity contribution in [2.24, 2.45) is 5.10 Å². The summed E-state index contributed by atoms with van der Waals surface area (Å²) in [5.41, 5.74) is 3.32. The molecule has 0 heterocycles. The highest BCUT2D eigenvalue weighted by atomic mass is 16.5. The molecule has 0 atom stereocenters. The third-order valence-corrected chi connectivity index (χ3v) is 5.00. The average Bonchev–Trinajstić information content (AvgIpc) is 2.85. The van der Waals surface area contributed by atoms with Gasteiger partial charge in [0, 0.05) is 10.9 Å². The highest BCUT2D eigenvalue weighted by Crippen LogP contribution is 2.29. The van der Waals surface area contributed by atoms with E-state index >= 15 is 0 Å². The van der Waals surface area contributed by atoms with Crippen LogP contribution >= 0.6 is 0 Å². The molecule has 0 saturated heterocycles. The number of carbonyl (C=O) groups excluding carboxylic acids is 2. The largest absolute Gasteiger partial charge is 0.507 e. The molecule has 0 amide bonds. The number of hydrogen-bond acceptors (Lipinski definition) is 6. The molecule has 0 saturated carbocycles. The van der Waals surface area contributed by atoms with Crippen molar-refractivity contribution in [2.45, 2.75) is 0 Å². The molecule has 0 aromatic heterocycles. The monoisotopic (exact) mass is 424 g/mol. The number of phenolic OH excluding ortho intramolecular Hbond substituents is 1.